The quantitative estimate of drug-likeness (QED) is 0.705. The van der Waals surface area contributed by atoms with Gasteiger partial charge in [0, 0.05) is 17.9 Å². The molecule has 0 aromatic heterocycles. The number of rotatable bonds is 5. The first kappa shape index (κ1) is 14.0. The normalized spacial score (nSPS) is 10.5. The Morgan fingerprint density at radius 1 is 1.28 bits per heavy atom. The first-order valence-electron chi connectivity index (χ1n) is 5.14. The van der Waals surface area contributed by atoms with E-state index in [-0.39, 0.29) is 6.03 Å². The fourth-order valence-corrected chi connectivity index (χ4v) is 1.74. The molecule has 0 bridgehead atoms. The molecule has 0 aliphatic rings. The van der Waals surface area contributed by atoms with Gasteiger partial charge in [-0.15, -0.1) is 6.58 Å². The Labute approximate surface area is 106 Å². The van der Waals surface area contributed by atoms with Crippen LogP contribution in [0.5, 0.6) is 0 Å². The van der Waals surface area contributed by atoms with Crippen LogP contribution in [-0.2, 0) is 10.0 Å². The molecule has 0 fully saturated rings. The third-order valence-electron chi connectivity index (χ3n) is 1.85. The van der Waals surface area contributed by atoms with Gasteiger partial charge in [-0.25, -0.2) is 13.2 Å². The number of benzene rings is 1. The molecule has 98 valence electrons. The average molecular weight is 269 g/mol. The summed E-state index contributed by atoms with van der Waals surface area (Å²) in [7, 11) is -3.29. The van der Waals surface area contributed by atoms with Gasteiger partial charge in [0.05, 0.1) is 6.26 Å². The first-order valence-corrected chi connectivity index (χ1v) is 7.03. The van der Waals surface area contributed by atoms with Crippen LogP contribution in [0.25, 0.3) is 0 Å². The highest BCUT2D eigenvalue weighted by Gasteiger charge is 2.03. The summed E-state index contributed by atoms with van der Waals surface area (Å²) >= 11 is 0. The lowest BCUT2D eigenvalue weighted by Crippen LogP contribution is -2.28. The van der Waals surface area contributed by atoms with Crippen molar-refractivity contribution in [2.45, 2.75) is 0 Å². The SMILES string of the molecule is C=CCNC(=O)Nc1ccc(NS(C)(=O)=O)cc1. The van der Waals surface area contributed by atoms with Gasteiger partial charge in [0.2, 0.25) is 10.0 Å². The Morgan fingerprint density at radius 2 is 1.83 bits per heavy atom. The van der Waals surface area contributed by atoms with Gasteiger partial charge in [0.15, 0.2) is 0 Å². The fourth-order valence-electron chi connectivity index (χ4n) is 1.18. The van der Waals surface area contributed by atoms with Crippen molar-refractivity contribution in [2.24, 2.45) is 0 Å². The molecule has 3 N–H and O–H groups in total. The van der Waals surface area contributed by atoms with Gasteiger partial charge in [0.1, 0.15) is 0 Å². The molecular weight excluding hydrogens is 254 g/mol. The molecule has 0 aliphatic carbocycles. The van der Waals surface area contributed by atoms with Gasteiger partial charge in [0.25, 0.3) is 0 Å². The Bertz CT molecular complexity index is 523. The summed E-state index contributed by atoms with van der Waals surface area (Å²) in [4.78, 5) is 11.3. The second kappa shape index (κ2) is 6.06. The van der Waals surface area contributed by atoms with Crippen molar-refractivity contribution in [3.63, 3.8) is 0 Å². The minimum atomic E-state index is -3.29. The molecular formula is C11H15N3O3S. The second-order valence-electron chi connectivity index (χ2n) is 3.58. The van der Waals surface area contributed by atoms with Crippen LogP contribution in [0.15, 0.2) is 36.9 Å². The van der Waals surface area contributed by atoms with Crippen molar-refractivity contribution < 1.29 is 13.2 Å². The van der Waals surface area contributed by atoms with Gasteiger partial charge < -0.3 is 10.6 Å². The second-order valence-corrected chi connectivity index (χ2v) is 5.32. The first-order chi connectivity index (χ1) is 8.40. The van der Waals surface area contributed by atoms with E-state index in [1.165, 1.54) is 0 Å². The lowest BCUT2D eigenvalue weighted by Gasteiger charge is -2.07. The zero-order chi connectivity index (χ0) is 13.6. The Morgan fingerprint density at radius 3 is 2.33 bits per heavy atom. The molecule has 0 saturated carbocycles. The maximum atomic E-state index is 11.3. The summed E-state index contributed by atoms with van der Waals surface area (Å²) < 4.78 is 24.3. The summed E-state index contributed by atoms with van der Waals surface area (Å²) in [5.74, 6) is 0. The standard InChI is InChI=1S/C11H15N3O3S/c1-3-8-12-11(15)13-9-4-6-10(7-5-9)14-18(2,16)17/h3-7,14H,1,8H2,2H3,(H2,12,13,15). The van der Waals surface area contributed by atoms with E-state index in [0.29, 0.717) is 17.9 Å². The van der Waals surface area contributed by atoms with Crippen LogP contribution in [0.2, 0.25) is 0 Å². The molecule has 0 aliphatic heterocycles. The number of amides is 2. The Kier molecular flexibility index (Phi) is 4.73. The van der Waals surface area contributed by atoms with Crippen LogP contribution >= 0.6 is 0 Å². The number of anilines is 2. The van der Waals surface area contributed by atoms with E-state index in [9.17, 15) is 13.2 Å². The lowest BCUT2D eigenvalue weighted by atomic mass is 10.3. The van der Waals surface area contributed by atoms with Crippen molar-refractivity contribution in [3.8, 4) is 0 Å². The summed E-state index contributed by atoms with van der Waals surface area (Å²) in [5.41, 5.74) is 1.00. The molecule has 7 heteroatoms. The molecule has 18 heavy (non-hydrogen) atoms. The highest BCUT2D eigenvalue weighted by molar-refractivity contribution is 7.92. The van der Waals surface area contributed by atoms with E-state index in [1.807, 2.05) is 0 Å². The monoisotopic (exact) mass is 269 g/mol. The molecule has 0 unspecified atom stereocenters. The molecule has 1 rings (SSSR count). The molecule has 0 saturated heterocycles. The van der Waals surface area contributed by atoms with Crippen molar-refractivity contribution in [2.75, 3.05) is 22.8 Å². The van der Waals surface area contributed by atoms with E-state index in [0.717, 1.165) is 6.26 Å². The lowest BCUT2D eigenvalue weighted by molar-refractivity contribution is 0.253. The predicted octanol–water partition coefficient (Wildman–Crippen LogP) is 1.37. The van der Waals surface area contributed by atoms with Crippen molar-refractivity contribution in [1.29, 1.82) is 0 Å². The molecule has 2 amide bonds. The summed E-state index contributed by atoms with van der Waals surface area (Å²) in [6.45, 7) is 3.85. The minimum absolute atomic E-state index is 0.348. The average Bonchev–Trinajstić information content (AvgIpc) is 2.27. The Balaban J connectivity index is 2.60. The van der Waals surface area contributed by atoms with Crippen LogP contribution in [-0.4, -0.2) is 27.2 Å². The number of carbonyl (C=O) groups is 1. The number of hydrogen-bond donors (Lipinski definition) is 3. The number of carbonyl (C=O) groups excluding carboxylic acids is 1. The highest BCUT2D eigenvalue weighted by atomic mass is 32.2. The van der Waals surface area contributed by atoms with Crippen LogP contribution in [0.3, 0.4) is 0 Å². The molecule has 0 atom stereocenters. The van der Waals surface area contributed by atoms with E-state index < -0.39 is 10.0 Å². The van der Waals surface area contributed by atoms with Gasteiger partial charge in [-0.05, 0) is 24.3 Å². The molecule has 0 radical (unpaired) electrons. The predicted molar refractivity (Wildman–Crippen MR) is 72.1 cm³/mol. The topological polar surface area (TPSA) is 87.3 Å². The summed E-state index contributed by atoms with van der Waals surface area (Å²) in [6.07, 6.45) is 2.64. The largest absolute Gasteiger partial charge is 0.334 e. The smallest absolute Gasteiger partial charge is 0.319 e. The van der Waals surface area contributed by atoms with Gasteiger partial charge >= 0.3 is 6.03 Å². The van der Waals surface area contributed by atoms with Gasteiger partial charge in [-0.2, -0.15) is 0 Å². The van der Waals surface area contributed by atoms with E-state index in [1.54, 1.807) is 30.3 Å². The molecule has 0 spiro atoms. The van der Waals surface area contributed by atoms with Crippen LogP contribution in [0.4, 0.5) is 16.2 Å². The highest BCUT2D eigenvalue weighted by Crippen LogP contribution is 2.14. The maximum Gasteiger partial charge on any atom is 0.319 e. The van der Waals surface area contributed by atoms with Gasteiger partial charge in [-0.1, -0.05) is 6.08 Å². The van der Waals surface area contributed by atoms with Crippen LogP contribution < -0.4 is 15.4 Å². The molecule has 1 aromatic carbocycles. The zero-order valence-corrected chi connectivity index (χ0v) is 10.8. The number of sulfonamides is 1. The summed E-state index contributed by atoms with van der Waals surface area (Å²) in [6, 6.07) is 5.97. The number of urea groups is 1. The fraction of sp³-hybridized carbons (Fsp3) is 0.182. The van der Waals surface area contributed by atoms with Crippen molar-refractivity contribution in [3.05, 3.63) is 36.9 Å². The molecule has 6 nitrogen and oxygen atoms in total. The van der Waals surface area contributed by atoms with Crippen LogP contribution in [0, 0.1) is 0 Å². The number of hydrogen-bond acceptors (Lipinski definition) is 3. The molecule has 0 heterocycles. The van der Waals surface area contributed by atoms with E-state index in [2.05, 4.69) is 21.9 Å². The summed E-state index contributed by atoms with van der Waals surface area (Å²) in [5, 5.41) is 5.15. The maximum absolute atomic E-state index is 11.3. The van der Waals surface area contributed by atoms with Crippen molar-refractivity contribution >= 4 is 27.4 Å². The van der Waals surface area contributed by atoms with Gasteiger partial charge in [-0.3, -0.25) is 4.72 Å². The van der Waals surface area contributed by atoms with E-state index >= 15 is 0 Å². The third kappa shape index (κ3) is 5.35. The third-order valence-corrected chi connectivity index (χ3v) is 2.46. The number of nitrogens with one attached hydrogen (secondary N) is 3. The zero-order valence-electron chi connectivity index (χ0n) is 9.93. The van der Waals surface area contributed by atoms with Crippen LogP contribution in [0.1, 0.15) is 0 Å². The Hall–Kier alpha value is -2.02. The molecule has 1 aromatic rings. The van der Waals surface area contributed by atoms with E-state index in [4.69, 9.17) is 0 Å². The van der Waals surface area contributed by atoms with Crippen molar-refractivity contribution in [1.82, 2.24) is 5.32 Å². The minimum Gasteiger partial charge on any atom is -0.334 e.